The molecule has 0 saturated heterocycles. The van der Waals surface area contributed by atoms with Crippen molar-refractivity contribution in [3.63, 3.8) is 0 Å². The van der Waals surface area contributed by atoms with Crippen LogP contribution in [0, 0.1) is 0 Å². The molecule has 0 radical (unpaired) electrons. The predicted octanol–water partition coefficient (Wildman–Crippen LogP) is 2.64. The molecular weight excluding hydrogens is 271 g/mol. The van der Waals surface area contributed by atoms with Crippen LogP contribution in [-0.2, 0) is 13.0 Å². The van der Waals surface area contributed by atoms with Gasteiger partial charge in [-0.3, -0.25) is 0 Å². The number of imidazole rings is 1. The van der Waals surface area contributed by atoms with Crippen molar-refractivity contribution >= 4 is 0 Å². The van der Waals surface area contributed by atoms with Crippen molar-refractivity contribution in [3.05, 3.63) is 48.0 Å². The molecule has 1 heterocycles. The molecule has 0 aliphatic heterocycles. The van der Waals surface area contributed by atoms with Gasteiger partial charge in [-0.15, -0.1) is 13.2 Å². The van der Waals surface area contributed by atoms with Gasteiger partial charge in [-0.2, -0.15) is 0 Å². The van der Waals surface area contributed by atoms with Crippen LogP contribution < -0.4 is 10.1 Å². The molecule has 0 saturated carbocycles. The Morgan fingerprint density at radius 1 is 1.30 bits per heavy atom. The van der Waals surface area contributed by atoms with E-state index in [1.165, 1.54) is 18.2 Å². The van der Waals surface area contributed by atoms with E-state index in [1.54, 1.807) is 18.5 Å². The van der Waals surface area contributed by atoms with E-state index in [2.05, 4.69) is 20.0 Å². The van der Waals surface area contributed by atoms with Crippen LogP contribution in [0.3, 0.4) is 0 Å². The number of alkyl halides is 3. The molecule has 2 rings (SSSR count). The lowest BCUT2D eigenvalue weighted by molar-refractivity contribution is -0.274. The summed E-state index contributed by atoms with van der Waals surface area (Å²) in [5.74, 6) is 0.662. The molecule has 0 bridgehead atoms. The van der Waals surface area contributed by atoms with Crippen LogP contribution >= 0.6 is 0 Å². The monoisotopic (exact) mass is 285 g/mol. The fourth-order valence-electron chi connectivity index (χ4n) is 1.73. The van der Waals surface area contributed by atoms with Crippen molar-refractivity contribution in [1.82, 2.24) is 15.3 Å². The maximum Gasteiger partial charge on any atom is 0.573 e. The highest BCUT2D eigenvalue weighted by Crippen LogP contribution is 2.23. The van der Waals surface area contributed by atoms with Crippen LogP contribution in [0.5, 0.6) is 5.75 Å². The maximum absolute atomic E-state index is 12.1. The molecule has 1 aromatic carbocycles. The first-order valence-corrected chi connectivity index (χ1v) is 6.06. The molecule has 2 N–H and O–H groups in total. The average molecular weight is 285 g/mol. The third kappa shape index (κ3) is 4.93. The lowest BCUT2D eigenvalue weighted by Gasteiger charge is -2.10. The highest BCUT2D eigenvalue weighted by molar-refractivity contribution is 5.28. The SMILES string of the molecule is FC(F)(F)Oc1cccc(CNCCc2ncc[nH]2)c1. The van der Waals surface area contributed by atoms with Gasteiger partial charge in [0.15, 0.2) is 0 Å². The van der Waals surface area contributed by atoms with Gasteiger partial charge in [0.2, 0.25) is 0 Å². The van der Waals surface area contributed by atoms with E-state index in [4.69, 9.17) is 0 Å². The van der Waals surface area contributed by atoms with Gasteiger partial charge in [0.25, 0.3) is 0 Å². The van der Waals surface area contributed by atoms with Crippen molar-refractivity contribution in [2.75, 3.05) is 6.54 Å². The van der Waals surface area contributed by atoms with Crippen LogP contribution in [-0.4, -0.2) is 22.9 Å². The molecule has 7 heteroatoms. The minimum atomic E-state index is -4.66. The number of hydrogen-bond acceptors (Lipinski definition) is 3. The van der Waals surface area contributed by atoms with Crippen molar-refractivity contribution in [2.45, 2.75) is 19.3 Å². The number of nitrogens with one attached hydrogen (secondary N) is 2. The molecule has 4 nitrogen and oxygen atoms in total. The van der Waals surface area contributed by atoms with Gasteiger partial charge in [0, 0.05) is 31.9 Å². The van der Waals surface area contributed by atoms with Crippen molar-refractivity contribution < 1.29 is 17.9 Å². The first-order chi connectivity index (χ1) is 9.53. The molecule has 0 unspecified atom stereocenters. The number of benzene rings is 1. The maximum atomic E-state index is 12.1. The first-order valence-electron chi connectivity index (χ1n) is 6.06. The summed E-state index contributed by atoms with van der Waals surface area (Å²) in [5, 5.41) is 3.13. The molecule has 0 spiro atoms. The standard InChI is InChI=1S/C13H14F3N3O/c14-13(15,16)20-11-3-1-2-10(8-11)9-17-5-4-12-18-6-7-19-12/h1-3,6-8,17H,4-5,9H2,(H,18,19). The summed E-state index contributed by atoms with van der Waals surface area (Å²) in [6.07, 6.45) is -0.516. The van der Waals surface area contributed by atoms with Crippen LogP contribution in [0.1, 0.15) is 11.4 Å². The van der Waals surface area contributed by atoms with Crippen LogP contribution in [0.2, 0.25) is 0 Å². The molecule has 20 heavy (non-hydrogen) atoms. The molecule has 0 fully saturated rings. The second-order valence-electron chi connectivity index (χ2n) is 4.16. The second-order valence-corrected chi connectivity index (χ2v) is 4.16. The minimum Gasteiger partial charge on any atom is -0.406 e. The molecular formula is C13H14F3N3O. The van der Waals surface area contributed by atoms with Crippen LogP contribution in [0.25, 0.3) is 0 Å². The molecule has 0 atom stereocenters. The van der Waals surface area contributed by atoms with Gasteiger partial charge < -0.3 is 15.0 Å². The van der Waals surface area contributed by atoms with Gasteiger partial charge >= 0.3 is 6.36 Å². The zero-order chi connectivity index (χ0) is 14.4. The van der Waals surface area contributed by atoms with Gasteiger partial charge in [0.1, 0.15) is 11.6 Å². The van der Waals surface area contributed by atoms with E-state index >= 15 is 0 Å². The number of nitrogens with zero attached hydrogens (tertiary/aromatic N) is 1. The van der Waals surface area contributed by atoms with E-state index in [-0.39, 0.29) is 5.75 Å². The van der Waals surface area contributed by atoms with Gasteiger partial charge in [-0.05, 0) is 17.7 Å². The summed E-state index contributed by atoms with van der Waals surface area (Å²) in [7, 11) is 0. The Balaban J connectivity index is 1.79. The number of H-pyrrole nitrogens is 1. The normalized spacial score (nSPS) is 11.6. The van der Waals surface area contributed by atoms with Gasteiger partial charge in [0.05, 0.1) is 0 Å². The van der Waals surface area contributed by atoms with Crippen LogP contribution in [0.15, 0.2) is 36.7 Å². The lowest BCUT2D eigenvalue weighted by Crippen LogP contribution is -2.18. The molecule has 0 aliphatic carbocycles. The van der Waals surface area contributed by atoms with Crippen LogP contribution in [0.4, 0.5) is 13.2 Å². The minimum absolute atomic E-state index is 0.206. The number of ether oxygens (including phenoxy) is 1. The number of hydrogen-bond donors (Lipinski definition) is 2. The van der Waals surface area contributed by atoms with Crippen molar-refractivity contribution in [3.8, 4) is 5.75 Å². The van der Waals surface area contributed by atoms with Crippen molar-refractivity contribution in [1.29, 1.82) is 0 Å². The molecule has 108 valence electrons. The summed E-state index contributed by atoms with van der Waals surface area (Å²) in [6, 6.07) is 5.92. The Hall–Kier alpha value is -2.02. The number of rotatable bonds is 6. The zero-order valence-corrected chi connectivity index (χ0v) is 10.6. The third-order valence-corrected chi connectivity index (χ3v) is 2.55. The molecule has 2 aromatic rings. The highest BCUT2D eigenvalue weighted by atomic mass is 19.4. The summed E-state index contributed by atoms with van der Waals surface area (Å²) in [6.45, 7) is 1.15. The molecule has 0 aliphatic rings. The van der Waals surface area contributed by atoms with Gasteiger partial charge in [-0.1, -0.05) is 12.1 Å². The van der Waals surface area contributed by atoms with E-state index in [0.29, 0.717) is 13.1 Å². The van der Waals surface area contributed by atoms with E-state index in [1.807, 2.05) is 0 Å². The smallest absolute Gasteiger partial charge is 0.406 e. The average Bonchev–Trinajstić information content (AvgIpc) is 2.86. The quantitative estimate of drug-likeness (QED) is 0.802. The Morgan fingerprint density at radius 3 is 2.85 bits per heavy atom. The fourth-order valence-corrected chi connectivity index (χ4v) is 1.73. The van der Waals surface area contributed by atoms with Gasteiger partial charge in [-0.25, -0.2) is 4.98 Å². The summed E-state index contributed by atoms with van der Waals surface area (Å²) >= 11 is 0. The predicted molar refractivity (Wildman–Crippen MR) is 67.1 cm³/mol. The Morgan fingerprint density at radius 2 is 2.15 bits per heavy atom. The zero-order valence-electron chi connectivity index (χ0n) is 10.6. The fraction of sp³-hybridized carbons (Fsp3) is 0.308. The number of aromatic amines is 1. The first kappa shape index (κ1) is 14.4. The highest BCUT2D eigenvalue weighted by Gasteiger charge is 2.31. The molecule has 1 aromatic heterocycles. The Bertz CT molecular complexity index is 526. The Kier molecular flexibility index (Phi) is 4.62. The summed E-state index contributed by atoms with van der Waals surface area (Å²) in [5.41, 5.74) is 0.728. The number of aromatic nitrogens is 2. The van der Waals surface area contributed by atoms with E-state index < -0.39 is 6.36 Å². The second kappa shape index (κ2) is 6.42. The van der Waals surface area contributed by atoms with Crippen molar-refractivity contribution in [2.24, 2.45) is 0 Å². The van der Waals surface area contributed by atoms with E-state index in [9.17, 15) is 13.2 Å². The lowest BCUT2D eigenvalue weighted by atomic mass is 10.2. The number of halogens is 3. The topological polar surface area (TPSA) is 49.9 Å². The van der Waals surface area contributed by atoms with E-state index in [0.717, 1.165) is 17.8 Å². The Labute approximate surface area is 114 Å². The third-order valence-electron chi connectivity index (χ3n) is 2.55. The molecule has 0 amide bonds. The summed E-state index contributed by atoms with van der Waals surface area (Å²) in [4.78, 5) is 7.05. The largest absolute Gasteiger partial charge is 0.573 e. The summed E-state index contributed by atoms with van der Waals surface area (Å²) < 4.78 is 40.1.